The van der Waals surface area contributed by atoms with Crippen molar-refractivity contribution in [3.8, 4) is 55.6 Å². The van der Waals surface area contributed by atoms with Crippen LogP contribution in [0, 0.1) is 5.92 Å². The van der Waals surface area contributed by atoms with E-state index in [4.69, 9.17) is 0 Å². The van der Waals surface area contributed by atoms with Gasteiger partial charge in [-0.05, 0) is 155 Å². The summed E-state index contributed by atoms with van der Waals surface area (Å²) in [4.78, 5) is 0. The second-order valence-corrected chi connectivity index (χ2v) is 16.3. The van der Waals surface area contributed by atoms with Crippen molar-refractivity contribution < 1.29 is 0 Å². The van der Waals surface area contributed by atoms with Crippen molar-refractivity contribution in [3.05, 3.63) is 223 Å². The first-order valence-corrected chi connectivity index (χ1v) is 21.5. The molecule has 0 heteroatoms. The summed E-state index contributed by atoms with van der Waals surface area (Å²) in [6.07, 6.45) is 12.5. The predicted octanol–water partition coefficient (Wildman–Crippen LogP) is 17.2. The minimum atomic E-state index is 0.569. The summed E-state index contributed by atoms with van der Waals surface area (Å²) in [5, 5.41) is 7.55. The van der Waals surface area contributed by atoms with Gasteiger partial charge in [-0.3, -0.25) is 0 Å². The van der Waals surface area contributed by atoms with Crippen molar-refractivity contribution >= 4 is 37.9 Å². The SMILES string of the molecule is C/C=C\CC(C)C1=CC=C(c2cccc(-c3c4ccccc4c(-c4cccc(-c5ccc6ccccc6c5)c4)c4cc(-c5ccccc5-c5ccccc5)ccc34)c2)CC1. The van der Waals surface area contributed by atoms with Gasteiger partial charge in [-0.25, -0.2) is 0 Å². The number of fused-ring (bicyclic) bond motifs is 3. The van der Waals surface area contributed by atoms with E-state index >= 15 is 0 Å². The van der Waals surface area contributed by atoms with Crippen molar-refractivity contribution in [2.75, 3.05) is 0 Å². The van der Waals surface area contributed by atoms with Crippen LogP contribution in [-0.2, 0) is 0 Å². The summed E-state index contributed by atoms with van der Waals surface area (Å²) in [6, 6.07) is 69.8. The van der Waals surface area contributed by atoms with Crippen molar-refractivity contribution in [1.29, 1.82) is 0 Å². The van der Waals surface area contributed by atoms with E-state index in [9.17, 15) is 0 Å². The van der Waals surface area contributed by atoms with E-state index in [1.165, 1.54) is 99.1 Å². The predicted molar refractivity (Wildman–Crippen MR) is 260 cm³/mol. The summed E-state index contributed by atoms with van der Waals surface area (Å²) >= 11 is 0. The highest BCUT2D eigenvalue weighted by Gasteiger charge is 2.20. The Bertz CT molecular complexity index is 3140. The molecule has 0 N–H and O–H groups in total. The molecule has 1 unspecified atom stereocenters. The maximum Gasteiger partial charge on any atom is -0.00259 e. The van der Waals surface area contributed by atoms with Crippen molar-refractivity contribution in [2.24, 2.45) is 5.92 Å². The normalized spacial score (nSPS) is 13.5. The summed E-state index contributed by atoms with van der Waals surface area (Å²) < 4.78 is 0. The lowest BCUT2D eigenvalue weighted by Gasteiger charge is -2.21. The molecular formula is C60H48. The van der Waals surface area contributed by atoms with Crippen LogP contribution in [0.5, 0.6) is 0 Å². The monoisotopic (exact) mass is 768 g/mol. The number of allylic oxidation sites excluding steroid dienone is 6. The van der Waals surface area contributed by atoms with Gasteiger partial charge in [-0.1, -0.05) is 201 Å². The molecule has 1 aliphatic carbocycles. The topological polar surface area (TPSA) is 0 Å². The summed E-state index contributed by atoms with van der Waals surface area (Å²) in [5.41, 5.74) is 16.6. The van der Waals surface area contributed by atoms with Crippen LogP contribution >= 0.6 is 0 Å². The highest BCUT2D eigenvalue weighted by Crippen LogP contribution is 2.47. The Labute approximate surface area is 354 Å². The molecule has 288 valence electrons. The van der Waals surface area contributed by atoms with Gasteiger partial charge >= 0.3 is 0 Å². The van der Waals surface area contributed by atoms with Crippen molar-refractivity contribution in [2.45, 2.75) is 33.1 Å². The van der Waals surface area contributed by atoms with E-state index in [0.29, 0.717) is 5.92 Å². The van der Waals surface area contributed by atoms with Gasteiger partial charge in [0, 0.05) is 0 Å². The number of benzene rings is 9. The van der Waals surface area contributed by atoms with Crippen LogP contribution in [0.15, 0.2) is 218 Å². The maximum absolute atomic E-state index is 2.46. The number of rotatable bonds is 9. The zero-order chi connectivity index (χ0) is 40.4. The van der Waals surface area contributed by atoms with E-state index in [-0.39, 0.29) is 0 Å². The molecule has 0 nitrogen and oxygen atoms in total. The molecular weight excluding hydrogens is 721 g/mol. The first kappa shape index (κ1) is 37.3. The molecule has 0 saturated heterocycles. The van der Waals surface area contributed by atoms with Crippen LogP contribution < -0.4 is 0 Å². The number of hydrogen-bond acceptors (Lipinski definition) is 0. The van der Waals surface area contributed by atoms with Gasteiger partial charge in [0.2, 0.25) is 0 Å². The maximum atomic E-state index is 2.46. The molecule has 0 saturated carbocycles. The van der Waals surface area contributed by atoms with Crippen LogP contribution in [0.1, 0.15) is 38.7 Å². The Morgan fingerprint density at radius 3 is 1.72 bits per heavy atom. The lowest BCUT2D eigenvalue weighted by molar-refractivity contribution is 0.655. The van der Waals surface area contributed by atoms with Gasteiger partial charge in [0.05, 0.1) is 0 Å². The highest BCUT2D eigenvalue weighted by atomic mass is 14.2. The van der Waals surface area contributed by atoms with E-state index in [1.807, 2.05) is 0 Å². The summed E-state index contributed by atoms with van der Waals surface area (Å²) in [5.74, 6) is 0.569. The van der Waals surface area contributed by atoms with Crippen LogP contribution in [-0.4, -0.2) is 0 Å². The Morgan fingerprint density at radius 2 is 0.983 bits per heavy atom. The zero-order valence-electron chi connectivity index (χ0n) is 34.4. The first-order valence-electron chi connectivity index (χ1n) is 21.5. The lowest BCUT2D eigenvalue weighted by Crippen LogP contribution is -2.02. The van der Waals surface area contributed by atoms with Crippen molar-refractivity contribution in [1.82, 2.24) is 0 Å². The van der Waals surface area contributed by atoms with Crippen molar-refractivity contribution in [3.63, 3.8) is 0 Å². The molecule has 0 amide bonds. The Kier molecular flexibility index (Phi) is 10.1. The van der Waals surface area contributed by atoms with Crippen LogP contribution in [0.3, 0.4) is 0 Å². The largest absolute Gasteiger partial charge is 0.0916 e. The van der Waals surface area contributed by atoms with E-state index in [0.717, 1.165) is 19.3 Å². The molecule has 0 radical (unpaired) electrons. The highest BCUT2D eigenvalue weighted by molar-refractivity contribution is 6.22. The first-order chi connectivity index (χ1) is 29.6. The van der Waals surface area contributed by atoms with Crippen LogP contribution in [0.4, 0.5) is 0 Å². The molecule has 1 atom stereocenters. The molecule has 1 aliphatic rings. The molecule has 0 heterocycles. The number of hydrogen-bond donors (Lipinski definition) is 0. The average molecular weight is 769 g/mol. The van der Waals surface area contributed by atoms with Gasteiger partial charge in [0.1, 0.15) is 0 Å². The molecule has 0 aromatic heterocycles. The van der Waals surface area contributed by atoms with Gasteiger partial charge < -0.3 is 0 Å². The molecule has 0 bridgehead atoms. The summed E-state index contributed by atoms with van der Waals surface area (Å²) in [6.45, 7) is 4.47. The van der Waals surface area contributed by atoms with Gasteiger partial charge in [-0.15, -0.1) is 0 Å². The van der Waals surface area contributed by atoms with E-state index < -0.39 is 0 Å². The fourth-order valence-electron chi connectivity index (χ4n) is 9.47. The molecule has 0 aliphatic heterocycles. The van der Waals surface area contributed by atoms with Gasteiger partial charge in [0.25, 0.3) is 0 Å². The molecule has 60 heavy (non-hydrogen) atoms. The third-order valence-corrected chi connectivity index (χ3v) is 12.6. The van der Waals surface area contributed by atoms with Gasteiger partial charge in [0.15, 0.2) is 0 Å². The second-order valence-electron chi connectivity index (χ2n) is 16.3. The minimum absolute atomic E-state index is 0.569. The van der Waals surface area contributed by atoms with E-state index in [2.05, 4.69) is 226 Å². The third kappa shape index (κ3) is 7.09. The van der Waals surface area contributed by atoms with Crippen LogP contribution in [0.2, 0.25) is 0 Å². The minimum Gasteiger partial charge on any atom is -0.0916 e. The standard InChI is InChI=1S/C60H48/c1-3-4-16-41(2)42-29-31-44(32-30-42)47-21-14-23-51(38-47)59-55-27-12-13-28-56(55)60(52-24-15-22-48(39-52)49-34-33-43-17-8-9-20-46(43)37-49)58-40-50(35-36-57(58)59)54-26-11-10-25-53(54)45-18-6-5-7-19-45/h3-15,17-29,31,33-41H,16,30,32H2,1-2H3/b4-3-. The Hall–Kier alpha value is -7.02. The third-order valence-electron chi connectivity index (χ3n) is 12.6. The Balaban J connectivity index is 1.19. The lowest BCUT2D eigenvalue weighted by atomic mass is 9.82. The smallest absolute Gasteiger partial charge is 0.00259 e. The molecule has 0 fully saturated rings. The Morgan fingerprint density at radius 1 is 0.417 bits per heavy atom. The molecule has 9 aromatic carbocycles. The van der Waals surface area contributed by atoms with Gasteiger partial charge in [-0.2, -0.15) is 0 Å². The quantitative estimate of drug-likeness (QED) is 0.101. The zero-order valence-corrected chi connectivity index (χ0v) is 34.4. The molecule has 9 aromatic rings. The van der Waals surface area contributed by atoms with Crippen LogP contribution in [0.25, 0.3) is 93.5 Å². The van der Waals surface area contributed by atoms with E-state index in [1.54, 1.807) is 5.57 Å². The second kappa shape index (κ2) is 16.3. The molecule has 10 rings (SSSR count). The molecule has 0 spiro atoms. The fourth-order valence-corrected chi connectivity index (χ4v) is 9.47. The fraction of sp³-hybridized carbons (Fsp3) is 0.100. The average Bonchev–Trinajstić information content (AvgIpc) is 3.32. The summed E-state index contributed by atoms with van der Waals surface area (Å²) in [7, 11) is 0.